The predicted octanol–water partition coefficient (Wildman–Crippen LogP) is 6.53. The number of rotatable bonds is 7. The number of fused-ring (bicyclic) bond motifs is 1. The van der Waals surface area contributed by atoms with E-state index in [1.807, 2.05) is 48.5 Å². The zero-order valence-electron chi connectivity index (χ0n) is 20.5. The molecule has 0 aliphatic heterocycles. The van der Waals surface area contributed by atoms with Crippen molar-refractivity contribution in [2.24, 2.45) is 15.3 Å². The number of carbonyl (C=O) groups excluding carboxylic acids is 2. The van der Waals surface area contributed by atoms with E-state index in [0.29, 0.717) is 28.4 Å². The molecule has 0 aromatic heterocycles. The summed E-state index contributed by atoms with van der Waals surface area (Å²) in [6, 6.07) is 30.9. The molecule has 8 nitrogen and oxygen atoms in total. The van der Waals surface area contributed by atoms with E-state index in [0.717, 1.165) is 11.3 Å². The summed E-state index contributed by atoms with van der Waals surface area (Å²) in [6.45, 7) is 0. The minimum absolute atomic E-state index is 0.0215. The lowest BCUT2D eigenvalue weighted by molar-refractivity contribution is -0.116. The third-order valence-electron chi connectivity index (χ3n) is 5.78. The molecule has 1 amide bonds. The zero-order chi connectivity index (χ0) is 26.3. The van der Waals surface area contributed by atoms with Gasteiger partial charge in [-0.25, -0.2) is 0 Å². The van der Waals surface area contributed by atoms with Crippen LogP contribution in [0.15, 0.2) is 124 Å². The van der Waals surface area contributed by atoms with Gasteiger partial charge in [0.05, 0.1) is 35.4 Å². The molecule has 8 heteroatoms. The van der Waals surface area contributed by atoms with Gasteiger partial charge >= 0.3 is 0 Å². The molecule has 0 fully saturated rings. The second-order valence-electron chi connectivity index (χ2n) is 8.28. The van der Waals surface area contributed by atoms with Gasteiger partial charge in [0, 0.05) is 5.56 Å². The Balaban J connectivity index is 1.36. The number of hydrogen-bond donors (Lipinski definition) is 2. The van der Waals surface area contributed by atoms with E-state index in [1.165, 1.54) is 7.11 Å². The lowest BCUT2D eigenvalue weighted by Gasteiger charge is -2.18. The van der Waals surface area contributed by atoms with Crippen LogP contribution in [0.5, 0.6) is 5.75 Å². The number of ketones is 1. The quantitative estimate of drug-likeness (QED) is 0.171. The Morgan fingerprint density at radius 3 is 2.18 bits per heavy atom. The van der Waals surface area contributed by atoms with Gasteiger partial charge in [-0.1, -0.05) is 54.6 Å². The number of Topliss-reactive ketones (excluding diaryl/α,β-unsaturated/α-hetero) is 1. The van der Waals surface area contributed by atoms with Crippen molar-refractivity contribution in [1.82, 2.24) is 0 Å². The number of nitrogens with one attached hydrogen (secondary N) is 2. The van der Waals surface area contributed by atoms with Crippen LogP contribution in [0.2, 0.25) is 0 Å². The summed E-state index contributed by atoms with van der Waals surface area (Å²) < 4.78 is 5.31. The third kappa shape index (κ3) is 5.39. The van der Waals surface area contributed by atoms with Crippen LogP contribution in [0.3, 0.4) is 0 Å². The number of hydrogen-bond acceptors (Lipinski definition) is 7. The van der Waals surface area contributed by atoms with Crippen LogP contribution in [0, 0.1) is 0 Å². The highest BCUT2D eigenvalue weighted by molar-refractivity contribution is 6.59. The number of hydrazone groups is 1. The van der Waals surface area contributed by atoms with Crippen molar-refractivity contribution in [3.8, 4) is 5.75 Å². The van der Waals surface area contributed by atoms with Crippen LogP contribution in [-0.4, -0.2) is 24.5 Å². The normalized spacial score (nSPS) is 13.7. The van der Waals surface area contributed by atoms with E-state index in [1.54, 1.807) is 60.7 Å². The summed E-state index contributed by atoms with van der Waals surface area (Å²) in [7, 11) is 1.52. The van der Waals surface area contributed by atoms with Crippen LogP contribution in [0.4, 0.5) is 22.7 Å². The Kier molecular flexibility index (Phi) is 7.13. The molecular weight excluding hydrogens is 478 g/mol. The topological polar surface area (TPSA) is 105 Å². The van der Waals surface area contributed by atoms with E-state index >= 15 is 0 Å². The van der Waals surface area contributed by atoms with Gasteiger partial charge in [-0.05, 0) is 60.2 Å². The largest absolute Gasteiger partial charge is 0.495 e. The molecule has 4 aromatic carbocycles. The van der Waals surface area contributed by atoms with Crippen LogP contribution < -0.4 is 15.5 Å². The molecule has 0 unspecified atom stereocenters. The van der Waals surface area contributed by atoms with Gasteiger partial charge in [0.1, 0.15) is 11.5 Å². The monoisotopic (exact) mass is 501 g/mol. The molecule has 2 N–H and O–H groups in total. The number of ether oxygens (including phenoxy) is 1. The Morgan fingerprint density at radius 2 is 1.42 bits per heavy atom. The number of amides is 1. The maximum absolute atomic E-state index is 13.4. The standard InChI is InChI=1S/C30H23N5O3/c1-38-27-14-8-7-13-26(27)31-30(37)25-19-20-9-5-6-12-24(20)28(29(25)36)35-34-23-17-15-22(16-18-23)33-32-21-10-3-2-4-11-21/h2-19,34H,1H3,(H,31,37)/b33-32?,35-28+. The summed E-state index contributed by atoms with van der Waals surface area (Å²) in [6.07, 6.45) is 1.58. The number of para-hydroxylation sites is 2. The summed E-state index contributed by atoms with van der Waals surface area (Å²) in [5, 5.41) is 15.6. The Morgan fingerprint density at radius 1 is 0.763 bits per heavy atom. The van der Waals surface area contributed by atoms with Gasteiger partial charge in [0.2, 0.25) is 5.78 Å². The first-order valence-electron chi connectivity index (χ1n) is 11.8. The Labute approximate surface area is 219 Å². The average molecular weight is 502 g/mol. The summed E-state index contributed by atoms with van der Waals surface area (Å²) in [4.78, 5) is 26.5. The molecule has 0 atom stereocenters. The van der Waals surface area contributed by atoms with E-state index in [-0.39, 0.29) is 11.3 Å². The van der Waals surface area contributed by atoms with Crippen molar-refractivity contribution < 1.29 is 14.3 Å². The molecule has 0 saturated heterocycles. The van der Waals surface area contributed by atoms with E-state index in [2.05, 4.69) is 26.1 Å². The van der Waals surface area contributed by atoms with Crippen molar-refractivity contribution in [3.05, 3.63) is 120 Å². The predicted molar refractivity (Wildman–Crippen MR) is 148 cm³/mol. The molecular formula is C30H23N5O3. The minimum atomic E-state index is -0.546. The van der Waals surface area contributed by atoms with Crippen LogP contribution in [0.25, 0.3) is 6.08 Å². The van der Waals surface area contributed by atoms with E-state index in [4.69, 9.17) is 4.74 Å². The highest BCUT2D eigenvalue weighted by atomic mass is 16.5. The second kappa shape index (κ2) is 11.1. The summed E-state index contributed by atoms with van der Waals surface area (Å²) >= 11 is 0. The Hall–Kier alpha value is -5.37. The molecule has 0 heterocycles. The SMILES string of the molecule is COc1ccccc1NC(=O)C1=Cc2ccccc2/C(=N\Nc2ccc(N=Nc3ccccc3)cc2)C1=O. The first kappa shape index (κ1) is 24.3. The first-order chi connectivity index (χ1) is 18.6. The smallest absolute Gasteiger partial charge is 0.259 e. The fourth-order valence-electron chi connectivity index (χ4n) is 3.86. The first-order valence-corrected chi connectivity index (χ1v) is 11.8. The average Bonchev–Trinajstić information content (AvgIpc) is 2.96. The molecule has 0 bridgehead atoms. The molecule has 0 spiro atoms. The number of anilines is 2. The summed E-state index contributed by atoms with van der Waals surface area (Å²) in [5.74, 6) is -0.542. The molecule has 5 rings (SSSR count). The number of azo groups is 1. The fraction of sp³-hybridized carbons (Fsp3) is 0.0333. The molecule has 4 aromatic rings. The number of carbonyl (C=O) groups is 2. The summed E-state index contributed by atoms with van der Waals surface area (Å²) in [5.41, 5.74) is 6.94. The van der Waals surface area contributed by atoms with Crippen molar-refractivity contribution in [3.63, 3.8) is 0 Å². The van der Waals surface area contributed by atoms with E-state index in [9.17, 15) is 9.59 Å². The molecule has 186 valence electrons. The van der Waals surface area contributed by atoms with Crippen molar-refractivity contribution in [2.75, 3.05) is 17.9 Å². The molecule has 38 heavy (non-hydrogen) atoms. The van der Waals surface area contributed by atoms with Crippen molar-refractivity contribution in [1.29, 1.82) is 0 Å². The molecule has 0 radical (unpaired) electrons. The van der Waals surface area contributed by atoms with Gasteiger partial charge in [-0.3, -0.25) is 15.0 Å². The van der Waals surface area contributed by atoms with Gasteiger partial charge in [0.15, 0.2) is 0 Å². The van der Waals surface area contributed by atoms with Gasteiger partial charge in [0.25, 0.3) is 5.91 Å². The van der Waals surface area contributed by atoms with Crippen molar-refractivity contribution >= 4 is 46.2 Å². The highest BCUT2D eigenvalue weighted by Crippen LogP contribution is 2.27. The van der Waals surface area contributed by atoms with Crippen LogP contribution in [-0.2, 0) is 9.59 Å². The van der Waals surface area contributed by atoms with Gasteiger partial charge < -0.3 is 10.1 Å². The maximum Gasteiger partial charge on any atom is 0.259 e. The van der Waals surface area contributed by atoms with Gasteiger partial charge in [-0.15, -0.1) is 0 Å². The van der Waals surface area contributed by atoms with Crippen LogP contribution >= 0.6 is 0 Å². The molecule has 1 aliphatic carbocycles. The maximum atomic E-state index is 13.4. The Bertz CT molecular complexity index is 1580. The van der Waals surface area contributed by atoms with Crippen LogP contribution in [0.1, 0.15) is 11.1 Å². The number of benzene rings is 4. The highest BCUT2D eigenvalue weighted by Gasteiger charge is 2.30. The minimum Gasteiger partial charge on any atom is -0.495 e. The number of methoxy groups -OCH3 is 1. The van der Waals surface area contributed by atoms with E-state index < -0.39 is 11.7 Å². The third-order valence-corrected chi connectivity index (χ3v) is 5.78. The van der Waals surface area contributed by atoms with Crippen molar-refractivity contribution in [2.45, 2.75) is 0 Å². The zero-order valence-corrected chi connectivity index (χ0v) is 20.5. The second-order valence-corrected chi connectivity index (χ2v) is 8.28. The fourth-order valence-corrected chi connectivity index (χ4v) is 3.86. The molecule has 0 saturated carbocycles. The lowest BCUT2D eigenvalue weighted by atomic mass is 9.89. The van der Waals surface area contributed by atoms with Gasteiger partial charge in [-0.2, -0.15) is 15.3 Å². The lowest BCUT2D eigenvalue weighted by Crippen LogP contribution is -2.30. The number of nitrogens with zero attached hydrogens (tertiary/aromatic N) is 3. The molecule has 1 aliphatic rings.